The number of halogens is 2. The van der Waals surface area contributed by atoms with Gasteiger partial charge in [-0.3, -0.25) is 4.79 Å². The highest BCUT2D eigenvalue weighted by molar-refractivity contribution is 9.10. The van der Waals surface area contributed by atoms with Crippen molar-refractivity contribution in [2.75, 3.05) is 32.8 Å². The Morgan fingerprint density at radius 1 is 1.13 bits per heavy atom. The van der Waals surface area contributed by atoms with Crippen LogP contribution >= 0.6 is 28.3 Å². The number of rotatable bonds is 3. The van der Waals surface area contributed by atoms with Crippen molar-refractivity contribution in [2.24, 2.45) is 0 Å². The molecule has 0 atom stereocenters. The minimum atomic E-state index is 0. The first-order chi connectivity index (χ1) is 10.7. The SMILES string of the molecule is Cl.O=C(COc1ccc2cc(Br)ccc2c1)N1CCCNCC1. The fourth-order valence-corrected chi connectivity index (χ4v) is 2.99. The van der Waals surface area contributed by atoms with Crippen molar-refractivity contribution in [1.29, 1.82) is 0 Å². The second-order valence-electron chi connectivity index (χ2n) is 5.43. The second kappa shape index (κ2) is 8.52. The average molecular weight is 400 g/mol. The Labute approximate surface area is 150 Å². The summed E-state index contributed by atoms with van der Waals surface area (Å²) in [6, 6.07) is 12.0. The van der Waals surface area contributed by atoms with Gasteiger partial charge in [0, 0.05) is 24.1 Å². The van der Waals surface area contributed by atoms with Gasteiger partial charge in [-0.25, -0.2) is 0 Å². The van der Waals surface area contributed by atoms with Crippen molar-refractivity contribution in [3.63, 3.8) is 0 Å². The van der Waals surface area contributed by atoms with Crippen LogP contribution in [0.3, 0.4) is 0 Å². The molecule has 1 fully saturated rings. The monoisotopic (exact) mass is 398 g/mol. The lowest BCUT2D eigenvalue weighted by Crippen LogP contribution is -2.37. The first-order valence-electron chi connectivity index (χ1n) is 7.53. The smallest absolute Gasteiger partial charge is 0.260 e. The van der Waals surface area contributed by atoms with Crippen LogP contribution in [0.15, 0.2) is 40.9 Å². The van der Waals surface area contributed by atoms with Crippen LogP contribution in [0.5, 0.6) is 5.75 Å². The molecule has 6 heteroatoms. The number of fused-ring (bicyclic) bond motifs is 1. The number of hydrogen-bond acceptors (Lipinski definition) is 3. The van der Waals surface area contributed by atoms with Crippen LogP contribution in [0.25, 0.3) is 10.8 Å². The molecule has 2 aromatic carbocycles. The van der Waals surface area contributed by atoms with E-state index in [0.717, 1.165) is 53.6 Å². The molecule has 0 aliphatic carbocycles. The van der Waals surface area contributed by atoms with Gasteiger partial charge in [0.05, 0.1) is 0 Å². The normalized spacial score (nSPS) is 14.9. The molecule has 1 aliphatic rings. The summed E-state index contributed by atoms with van der Waals surface area (Å²) in [6.45, 7) is 3.50. The van der Waals surface area contributed by atoms with Crippen molar-refractivity contribution < 1.29 is 9.53 Å². The fourth-order valence-electron chi connectivity index (χ4n) is 2.62. The largest absolute Gasteiger partial charge is 0.484 e. The van der Waals surface area contributed by atoms with Crippen molar-refractivity contribution in [3.05, 3.63) is 40.9 Å². The second-order valence-corrected chi connectivity index (χ2v) is 6.34. The number of hydrogen-bond donors (Lipinski definition) is 1. The van der Waals surface area contributed by atoms with E-state index < -0.39 is 0 Å². The topological polar surface area (TPSA) is 41.6 Å². The number of carbonyl (C=O) groups is 1. The zero-order valence-corrected chi connectivity index (χ0v) is 15.2. The van der Waals surface area contributed by atoms with Crippen LogP contribution in [0.4, 0.5) is 0 Å². The Kier molecular flexibility index (Phi) is 6.69. The fraction of sp³-hybridized carbons (Fsp3) is 0.353. The first-order valence-corrected chi connectivity index (χ1v) is 8.32. The molecule has 0 radical (unpaired) electrons. The first kappa shape index (κ1) is 18.0. The Hall–Kier alpha value is -1.30. The summed E-state index contributed by atoms with van der Waals surface area (Å²) in [5, 5.41) is 5.54. The van der Waals surface area contributed by atoms with E-state index >= 15 is 0 Å². The molecular weight excluding hydrogens is 380 g/mol. The Bertz CT molecular complexity index is 673. The molecule has 1 aliphatic heterocycles. The highest BCUT2D eigenvalue weighted by Crippen LogP contribution is 2.24. The van der Waals surface area contributed by atoms with Gasteiger partial charge in [-0.05, 0) is 48.0 Å². The van der Waals surface area contributed by atoms with Gasteiger partial charge in [-0.2, -0.15) is 0 Å². The number of nitrogens with one attached hydrogen (secondary N) is 1. The van der Waals surface area contributed by atoms with Gasteiger partial charge in [0.2, 0.25) is 0 Å². The third-order valence-corrected chi connectivity index (χ3v) is 4.32. The average Bonchev–Trinajstić information content (AvgIpc) is 2.82. The number of nitrogens with zero attached hydrogens (tertiary/aromatic N) is 1. The predicted octanol–water partition coefficient (Wildman–Crippen LogP) is 3.22. The van der Waals surface area contributed by atoms with Crippen LogP contribution in [0.1, 0.15) is 6.42 Å². The van der Waals surface area contributed by atoms with Crippen molar-refractivity contribution in [3.8, 4) is 5.75 Å². The quantitative estimate of drug-likeness (QED) is 0.861. The molecule has 124 valence electrons. The highest BCUT2D eigenvalue weighted by atomic mass is 79.9. The van der Waals surface area contributed by atoms with E-state index in [4.69, 9.17) is 4.74 Å². The van der Waals surface area contributed by atoms with Crippen molar-refractivity contribution in [1.82, 2.24) is 10.2 Å². The van der Waals surface area contributed by atoms with Crippen molar-refractivity contribution >= 4 is 45.0 Å². The third-order valence-electron chi connectivity index (χ3n) is 3.83. The molecule has 23 heavy (non-hydrogen) atoms. The van der Waals surface area contributed by atoms with Gasteiger partial charge in [-0.15, -0.1) is 12.4 Å². The van der Waals surface area contributed by atoms with Gasteiger partial charge >= 0.3 is 0 Å². The summed E-state index contributed by atoms with van der Waals surface area (Å²) in [5.74, 6) is 0.788. The maximum Gasteiger partial charge on any atom is 0.260 e. The summed E-state index contributed by atoms with van der Waals surface area (Å²) in [5.41, 5.74) is 0. The van der Waals surface area contributed by atoms with E-state index in [1.807, 2.05) is 35.2 Å². The van der Waals surface area contributed by atoms with E-state index in [1.165, 1.54) is 0 Å². The Morgan fingerprint density at radius 3 is 2.78 bits per heavy atom. The van der Waals surface area contributed by atoms with Crippen LogP contribution in [-0.4, -0.2) is 43.6 Å². The standard InChI is InChI=1S/C17H19BrN2O2.ClH/c18-15-4-2-14-11-16(5-3-13(14)10-15)22-12-17(21)20-8-1-6-19-7-9-20;/h2-5,10-11,19H,1,6-9,12H2;1H. The molecule has 2 aromatic rings. The molecule has 0 unspecified atom stereocenters. The van der Waals surface area contributed by atoms with Crippen LogP contribution in [0.2, 0.25) is 0 Å². The molecule has 0 aromatic heterocycles. The lowest BCUT2D eigenvalue weighted by molar-refractivity contribution is -0.133. The molecule has 4 nitrogen and oxygen atoms in total. The molecule has 3 rings (SSSR count). The van der Waals surface area contributed by atoms with Gasteiger partial charge < -0.3 is 15.0 Å². The van der Waals surface area contributed by atoms with Crippen molar-refractivity contribution in [2.45, 2.75) is 6.42 Å². The van der Waals surface area contributed by atoms with Crippen LogP contribution < -0.4 is 10.1 Å². The highest BCUT2D eigenvalue weighted by Gasteiger charge is 2.15. The number of benzene rings is 2. The Morgan fingerprint density at radius 2 is 1.91 bits per heavy atom. The van der Waals surface area contributed by atoms with Gasteiger partial charge in [0.25, 0.3) is 5.91 Å². The zero-order valence-electron chi connectivity index (χ0n) is 12.8. The minimum Gasteiger partial charge on any atom is -0.484 e. The summed E-state index contributed by atoms with van der Waals surface area (Å²) in [7, 11) is 0. The van der Waals surface area contributed by atoms with E-state index in [0.29, 0.717) is 0 Å². The molecule has 1 saturated heterocycles. The molecular formula is C17H20BrClN2O2. The Balaban J connectivity index is 0.00000192. The molecule has 0 saturated carbocycles. The molecule has 1 N–H and O–H groups in total. The molecule has 1 heterocycles. The maximum absolute atomic E-state index is 12.2. The summed E-state index contributed by atoms with van der Waals surface area (Å²) in [6.07, 6.45) is 0.997. The van der Waals surface area contributed by atoms with E-state index in [-0.39, 0.29) is 24.9 Å². The summed E-state index contributed by atoms with van der Waals surface area (Å²) in [4.78, 5) is 14.1. The zero-order chi connectivity index (χ0) is 15.4. The van der Waals surface area contributed by atoms with E-state index in [2.05, 4.69) is 27.3 Å². The molecule has 0 bridgehead atoms. The summed E-state index contributed by atoms with van der Waals surface area (Å²) >= 11 is 3.46. The third kappa shape index (κ3) is 4.83. The van der Waals surface area contributed by atoms with Crippen LogP contribution in [0, 0.1) is 0 Å². The van der Waals surface area contributed by atoms with E-state index in [9.17, 15) is 4.79 Å². The molecule has 1 amide bonds. The summed E-state index contributed by atoms with van der Waals surface area (Å²) < 4.78 is 6.73. The number of ether oxygens (including phenoxy) is 1. The molecule has 0 spiro atoms. The lowest BCUT2D eigenvalue weighted by Gasteiger charge is -2.20. The van der Waals surface area contributed by atoms with Gasteiger partial charge in [0.1, 0.15) is 5.75 Å². The number of carbonyl (C=O) groups excluding carboxylic acids is 1. The maximum atomic E-state index is 12.2. The number of amides is 1. The van der Waals surface area contributed by atoms with Crippen LogP contribution in [-0.2, 0) is 4.79 Å². The lowest BCUT2D eigenvalue weighted by atomic mass is 10.1. The van der Waals surface area contributed by atoms with Gasteiger partial charge in [-0.1, -0.05) is 28.1 Å². The predicted molar refractivity (Wildman–Crippen MR) is 98.5 cm³/mol. The van der Waals surface area contributed by atoms with E-state index in [1.54, 1.807) is 0 Å². The minimum absolute atomic E-state index is 0. The van der Waals surface area contributed by atoms with Gasteiger partial charge in [0.15, 0.2) is 6.61 Å².